The van der Waals surface area contributed by atoms with Gasteiger partial charge >= 0.3 is 0 Å². The third-order valence-corrected chi connectivity index (χ3v) is 5.23. The number of hydrogen-bond acceptors (Lipinski definition) is 3. The van der Waals surface area contributed by atoms with Crippen LogP contribution in [0.1, 0.15) is 17.5 Å². The highest BCUT2D eigenvalue weighted by molar-refractivity contribution is 7.88. The van der Waals surface area contributed by atoms with E-state index in [1.807, 2.05) is 31.2 Å². The first-order valence-corrected chi connectivity index (χ1v) is 10.0. The molecule has 0 aliphatic heterocycles. The van der Waals surface area contributed by atoms with Crippen LogP contribution >= 0.6 is 11.6 Å². The van der Waals surface area contributed by atoms with Gasteiger partial charge in [0.2, 0.25) is 15.9 Å². The number of para-hydroxylation sites is 1. The lowest BCUT2D eigenvalue weighted by Crippen LogP contribution is -2.32. The maximum Gasteiger partial charge on any atom is 0.225 e. The van der Waals surface area contributed by atoms with Crippen molar-refractivity contribution >= 4 is 33.2 Å². The van der Waals surface area contributed by atoms with E-state index in [1.54, 1.807) is 24.3 Å². The van der Waals surface area contributed by atoms with Gasteiger partial charge in [0.05, 0.1) is 17.0 Å². The lowest BCUT2D eigenvalue weighted by atomic mass is 10.1. The molecule has 1 N–H and O–H groups in total. The zero-order chi connectivity index (χ0) is 18.4. The van der Waals surface area contributed by atoms with Crippen molar-refractivity contribution in [1.82, 2.24) is 4.31 Å². The summed E-state index contributed by atoms with van der Waals surface area (Å²) in [5.74, 6) is -0.286. The zero-order valence-corrected chi connectivity index (χ0v) is 15.8. The molecule has 0 radical (unpaired) electrons. The van der Waals surface area contributed by atoms with E-state index in [2.05, 4.69) is 5.32 Å². The maximum atomic E-state index is 12.1. The summed E-state index contributed by atoms with van der Waals surface area (Å²) in [6.07, 6.45) is 1.19. The fraction of sp³-hybridized carbons (Fsp3) is 0.278. The van der Waals surface area contributed by atoms with Gasteiger partial charge in [-0.15, -0.1) is 0 Å². The number of rotatable bonds is 7. The summed E-state index contributed by atoms with van der Waals surface area (Å²) < 4.78 is 25.3. The van der Waals surface area contributed by atoms with Crippen LogP contribution in [-0.2, 0) is 21.4 Å². The van der Waals surface area contributed by atoms with Crippen LogP contribution < -0.4 is 5.32 Å². The number of hydrogen-bond donors (Lipinski definition) is 1. The van der Waals surface area contributed by atoms with Gasteiger partial charge in [-0.3, -0.25) is 4.79 Å². The Labute approximate surface area is 153 Å². The molecule has 134 valence electrons. The minimum Gasteiger partial charge on any atom is -0.325 e. The average Bonchev–Trinajstić information content (AvgIpc) is 2.52. The number of carbonyl (C=O) groups is 1. The van der Waals surface area contributed by atoms with Crippen LogP contribution in [-0.4, -0.2) is 31.4 Å². The number of aryl methyl sites for hydroxylation is 1. The summed E-state index contributed by atoms with van der Waals surface area (Å²) in [6, 6.07) is 14.5. The largest absolute Gasteiger partial charge is 0.325 e. The summed E-state index contributed by atoms with van der Waals surface area (Å²) in [4.78, 5) is 12.1. The van der Waals surface area contributed by atoms with Crippen molar-refractivity contribution in [3.8, 4) is 0 Å². The van der Waals surface area contributed by atoms with E-state index in [0.29, 0.717) is 10.7 Å². The predicted molar refractivity (Wildman–Crippen MR) is 101 cm³/mol. The molecule has 2 aromatic rings. The number of nitrogens with zero attached hydrogens (tertiary/aromatic N) is 1. The Morgan fingerprint density at radius 2 is 1.88 bits per heavy atom. The molecule has 0 saturated carbocycles. The van der Waals surface area contributed by atoms with E-state index in [4.69, 9.17) is 11.6 Å². The quantitative estimate of drug-likeness (QED) is 0.800. The van der Waals surface area contributed by atoms with Crippen LogP contribution in [0.4, 0.5) is 5.69 Å². The van der Waals surface area contributed by atoms with E-state index in [1.165, 1.54) is 4.31 Å². The fourth-order valence-electron chi connectivity index (χ4n) is 2.38. The summed E-state index contributed by atoms with van der Waals surface area (Å²) in [5, 5.41) is 3.14. The van der Waals surface area contributed by atoms with E-state index in [9.17, 15) is 13.2 Å². The Morgan fingerprint density at radius 1 is 1.16 bits per heavy atom. The standard InChI is InChI=1S/C18H21ClN2O3S/c1-14-6-5-7-15(12-14)13-21(25(2,23)24)11-10-18(22)20-17-9-4-3-8-16(17)19/h3-9,12H,10-11,13H2,1-2H3,(H,20,22). The van der Waals surface area contributed by atoms with Crippen molar-refractivity contribution in [3.05, 3.63) is 64.7 Å². The Kier molecular flexibility index (Phi) is 6.58. The predicted octanol–water partition coefficient (Wildman–Crippen LogP) is 3.44. The van der Waals surface area contributed by atoms with Crippen LogP contribution in [0.15, 0.2) is 48.5 Å². The van der Waals surface area contributed by atoms with Gasteiger partial charge in [-0.05, 0) is 24.6 Å². The molecule has 0 aromatic heterocycles. The van der Waals surface area contributed by atoms with Crippen LogP contribution in [0.2, 0.25) is 5.02 Å². The van der Waals surface area contributed by atoms with E-state index in [-0.39, 0.29) is 25.4 Å². The van der Waals surface area contributed by atoms with Gasteiger partial charge < -0.3 is 5.32 Å². The first-order valence-electron chi connectivity index (χ1n) is 7.81. The second kappa shape index (κ2) is 8.47. The van der Waals surface area contributed by atoms with Gasteiger partial charge in [-0.1, -0.05) is 53.6 Å². The lowest BCUT2D eigenvalue weighted by Gasteiger charge is -2.20. The Balaban J connectivity index is 2.00. The molecule has 2 aromatic carbocycles. The van der Waals surface area contributed by atoms with Crippen LogP contribution in [0.3, 0.4) is 0 Å². The molecule has 1 amide bonds. The molecule has 2 rings (SSSR count). The third-order valence-electron chi connectivity index (χ3n) is 3.65. The van der Waals surface area contributed by atoms with Crippen LogP contribution in [0, 0.1) is 6.92 Å². The summed E-state index contributed by atoms with van der Waals surface area (Å²) in [6.45, 7) is 2.29. The molecule has 0 aliphatic rings. The fourth-order valence-corrected chi connectivity index (χ4v) is 3.37. The average molecular weight is 381 g/mol. The van der Waals surface area contributed by atoms with Gasteiger partial charge in [0.1, 0.15) is 0 Å². The molecule has 0 heterocycles. The molecule has 0 bridgehead atoms. The van der Waals surface area contributed by atoms with Crippen molar-refractivity contribution < 1.29 is 13.2 Å². The van der Waals surface area contributed by atoms with Crippen molar-refractivity contribution in [1.29, 1.82) is 0 Å². The van der Waals surface area contributed by atoms with Crippen molar-refractivity contribution in [2.24, 2.45) is 0 Å². The van der Waals surface area contributed by atoms with Gasteiger partial charge in [0.15, 0.2) is 0 Å². The number of nitrogens with one attached hydrogen (secondary N) is 1. The Morgan fingerprint density at radius 3 is 2.52 bits per heavy atom. The van der Waals surface area contributed by atoms with Crippen molar-refractivity contribution in [2.75, 3.05) is 18.1 Å². The molecule has 5 nitrogen and oxygen atoms in total. The molecule has 0 saturated heterocycles. The minimum absolute atomic E-state index is 0.0457. The van der Waals surface area contributed by atoms with Gasteiger partial charge in [-0.2, -0.15) is 4.31 Å². The van der Waals surface area contributed by atoms with Crippen LogP contribution in [0.25, 0.3) is 0 Å². The second-order valence-electron chi connectivity index (χ2n) is 5.86. The topological polar surface area (TPSA) is 66.5 Å². The highest BCUT2D eigenvalue weighted by atomic mass is 35.5. The smallest absolute Gasteiger partial charge is 0.225 e. The molecule has 25 heavy (non-hydrogen) atoms. The summed E-state index contributed by atoms with van der Waals surface area (Å²) in [7, 11) is -3.43. The van der Waals surface area contributed by atoms with E-state index in [0.717, 1.165) is 17.4 Å². The normalized spacial score (nSPS) is 11.5. The number of sulfonamides is 1. The number of carbonyl (C=O) groups excluding carboxylic acids is 1. The first-order chi connectivity index (χ1) is 11.8. The van der Waals surface area contributed by atoms with E-state index >= 15 is 0 Å². The zero-order valence-electron chi connectivity index (χ0n) is 14.2. The van der Waals surface area contributed by atoms with E-state index < -0.39 is 10.0 Å². The molecular formula is C18H21ClN2O3S. The molecule has 0 aliphatic carbocycles. The molecule has 0 unspecified atom stereocenters. The number of amides is 1. The third kappa shape index (κ3) is 6.16. The Hall–Kier alpha value is -1.89. The van der Waals surface area contributed by atoms with Gasteiger partial charge in [0, 0.05) is 19.5 Å². The first kappa shape index (κ1) is 19.4. The van der Waals surface area contributed by atoms with Gasteiger partial charge in [-0.25, -0.2) is 8.42 Å². The van der Waals surface area contributed by atoms with Crippen LogP contribution in [0.5, 0.6) is 0 Å². The van der Waals surface area contributed by atoms with Gasteiger partial charge in [0.25, 0.3) is 0 Å². The highest BCUT2D eigenvalue weighted by Gasteiger charge is 2.18. The monoisotopic (exact) mass is 380 g/mol. The number of anilines is 1. The summed E-state index contributed by atoms with van der Waals surface area (Å²) >= 11 is 6.00. The minimum atomic E-state index is -3.43. The molecule has 0 spiro atoms. The number of halogens is 1. The Bertz CT molecular complexity index is 853. The highest BCUT2D eigenvalue weighted by Crippen LogP contribution is 2.20. The molecule has 7 heteroatoms. The van der Waals surface area contributed by atoms with Crippen molar-refractivity contribution in [2.45, 2.75) is 19.9 Å². The number of benzene rings is 2. The molecule has 0 fully saturated rings. The SMILES string of the molecule is Cc1cccc(CN(CCC(=O)Nc2ccccc2Cl)S(C)(=O)=O)c1. The second-order valence-corrected chi connectivity index (χ2v) is 8.25. The van der Waals surface area contributed by atoms with Crippen molar-refractivity contribution in [3.63, 3.8) is 0 Å². The summed E-state index contributed by atoms with van der Waals surface area (Å²) in [5.41, 5.74) is 2.46. The maximum absolute atomic E-state index is 12.1. The molecular weight excluding hydrogens is 360 g/mol. The lowest BCUT2D eigenvalue weighted by molar-refractivity contribution is -0.116. The molecule has 0 atom stereocenters.